The summed E-state index contributed by atoms with van der Waals surface area (Å²) in [5.41, 5.74) is -3.32. The van der Waals surface area contributed by atoms with Crippen LogP contribution in [0.25, 0.3) is 0 Å². The molecular weight excluding hydrogens is 351 g/mol. The van der Waals surface area contributed by atoms with Crippen LogP contribution in [0, 0.1) is 5.92 Å². The molecule has 11 heteroatoms. The van der Waals surface area contributed by atoms with E-state index in [9.17, 15) is 31.5 Å². The minimum Gasteiger partial charge on any atom is -0.362 e. The summed E-state index contributed by atoms with van der Waals surface area (Å²) in [6, 6.07) is 0. The highest BCUT2D eigenvalue weighted by atomic mass is 32.2. The standard InChI is InChI=1S/C13H20F3N3O4S/c1-3-24(22,23)18-6-4-10(5-7-18)11(20)19-12(21,13(14,15)16)8-9(2)17-19/h10,21H,3-8H2,1-2H3. The van der Waals surface area contributed by atoms with E-state index < -0.39 is 40.2 Å². The summed E-state index contributed by atoms with van der Waals surface area (Å²) >= 11 is 0. The third-order valence-corrected chi connectivity index (χ3v) is 6.23. The third-order valence-electron chi connectivity index (χ3n) is 4.35. The summed E-state index contributed by atoms with van der Waals surface area (Å²) in [6.07, 6.45) is -5.63. The van der Waals surface area contributed by atoms with Gasteiger partial charge in [-0.2, -0.15) is 23.3 Å². The Bertz CT molecular complexity index is 641. The van der Waals surface area contributed by atoms with Crippen LogP contribution in [-0.2, 0) is 14.8 Å². The molecule has 0 radical (unpaired) electrons. The molecule has 24 heavy (non-hydrogen) atoms. The number of carbonyl (C=O) groups excluding carboxylic acids is 1. The fourth-order valence-electron chi connectivity index (χ4n) is 2.91. The number of aliphatic hydroxyl groups is 1. The molecule has 2 rings (SSSR count). The summed E-state index contributed by atoms with van der Waals surface area (Å²) in [4.78, 5) is 12.4. The van der Waals surface area contributed by atoms with Crippen LogP contribution in [0.3, 0.4) is 0 Å². The number of nitrogens with zero attached hydrogens (tertiary/aromatic N) is 3. The highest BCUT2D eigenvalue weighted by molar-refractivity contribution is 7.89. The summed E-state index contributed by atoms with van der Waals surface area (Å²) in [7, 11) is -3.39. The molecule has 2 aliphatic heterocycles. The molecule has 7 nitrogen and oxygen atoms in total. The largest absolute Gasteiger partial charge is 0.438 e. The molecular formula is C13H20F3N3O4S. The predicted octanol–water partition coefficient (Wildman–Crippen LogP) is 0.907. The van der Waals surface area contributed by atoms with Crippen molar-refractivity contribution in [1.29, 1.82) is 0 Å². The van der Waals surface area contributed by atoms with Gasteiger partial charge in [0.2, 0.25) is 15.9 Å². The number of amides is 1. The van der Waals surface area contributed by atoms with Gasteiger partial charge in [-0.05, 0) is 26.7 Å². The second-order valence-electron chi connectivity index (χ2n) is 6.05. The summed E-state index contributed by atoms with van der Waals surface area (Å²) < 4.78 is 64.3. The SMILES string of the molecule is CCS(=O)(=O)N1CCC(C(=O)N2N=C(C)CC2(O)C(F)(F)F)CC1. The van der Waals surface area contributed by atoms with E-state index in [1.165, 1.54) is 18.2 Å². The number of piperidine rings is 1. The smallest absolute Gasteiger partial charge is 0.362 e. The molecule has 2 aliphatic rings. The molecule has 1 atom stereocenters. The molecule has 0 saturated carbocycles. The van der Waals surface area contributed by atoms with Gasteiger partial charge in [-0.15, -0.1) is 0 Å². The second-order valence-corrected chi connectivity index (χ2v) is 8.31. The average molecular weight is 371 g/mol. The number of hydrazone groups is 1. The van der Waals surface area contributed by atoms with Crippen molar-refractivity contribution >= 4 is 21.6 Å². The molecule has 0 aliphatic carbocycles. The van der Waals surface area contributed by atoms with E-state index in [2.05, 4.69) is 5.10 Å². The van der Waals surface area contributed by atoms with Crippen molar-refractivity contribution in [3.8, 4) is 0 Å². The van der Waals surface area contributed by atoms with Crippen molar-refractivity contribution in [2.45, 2.75) is 45.0 Å². The number of carbonyl (C=O) groups is 1. The first-order valence-electron chi connectivity index (χ1n) is 7.57. The molecule has 0 spiro atoms. The average Bonchev–Trinajstić information content (AvgIpc) is 2.82. The van der Waals surface area contributed by atoms with Crippen molar-refractivity contribution < 1.29 is 31.5 Å². The Balaban J connectivity index is 2.13. The molecule has 138 valence electrons. The van der Waals surface area contributed by atoms with E-state index in [4.69, 9.17) is 0 Å². The number of hydrogen-bond donors (Lipinski definition) is 1. The van der Waals surface area contributed by atoms with Gasteiger partial charge in [0.05, 0.1) is 5.75 Å². The Morgan fingerprint density at radius 3 is 2.38 bits per heavy atom. The monoisotopic (exact) mass is 371 g/mol. The van der Waals surface area contributed by atoms with Crippen LogP contribution in [0.2, 0.25) is 0 Å². The minimum atomic E-state index is -5.03. The van der Waals surface area contributed by atoms with E-state index >= 15 is 0 Å². The Morgan fingerprint density at radius 1 is 1.38 bits per heavy atom. The van der Waals surface area contributed by atoms with E-state index in [0.29, 0.717) is 0 Å². The fourth-order valence-corrected chi connectivity index (χ4v) is 4.04. The van der Waals surface area contributed by atoms with E-state index in [0.717, 1.165) is 0 Å². The maximum Gasteiger partial charge on any atom is 0.438 e. The number of rotatable bonds is 3. The van der Waals surface area contributed by atoms with E-state index in [1.54, 1.807) is 0 Å². The lowest BCUT2D eigenvalue weighted by molar-refractivity contribution is -0.303. The van der Waals surface area contributed by atoms with Crippen LogP contribution in [0.5, 0.6) is 0 Å². The van der Waals surface area contributed by atoms with Gasteiger partial charge in [0.25, 0.3) is 5.72 Å². The Morgan fingerprint density at radius 2 is 1.92 bits per heavy atom. The molecule has 1 N–H and O–H groups in total. The first-order valence-corrected chi connectivity index (χ1v) is 9.18. The van der Waals surface area contributed by atoms with Crippen LogP contribution < -0.4 is 0 Å². The maximum atomic E-state index is 13.2. The highest BCUT2D eigenvalue weighted by Gasteiger charge is 2.63. The zero-order valence-electron chi connectivity index (χ0n) is 13.4. The quantitative estimate of drug-likeness (QED) is 0.798. The topological polar surface area (TPSA) is 90.3 Å². The fraction of sp³-hybridized carbons (Fsp3) is 0.846. The Labute approximate surface area is 138 Å². The van der Waals surface area contributed by atoms with Crippen LogP contribution in [0.4, 0.5) is 13.2 Å². The maximum absolute atomic E-state index is 13.2. The first kappa shape index (κ1) is 19.1. The molecule has 0 aromatic rings. The zero-order chi connectivity index (χ0) is 18.3. The number of sulfonamides is 1. The van der Waals surface area contributed by atoms with Crippen LogP contribution in [-0.4, -0.2) is 65.2 Å². The Hall–Kier alpha value is -1.20. The van der Waals surface area contributed by atoms with E-state index in [-0.39, 0.29) is 42.4 Å². The van der Waals surface area contributed by atoms with E-state index in [1.807, 2.05) is 0 Å². The summed E-state index contributed by atoms with van der Waals surface area (Å²) in [6.45, 7) is 2.93. The molecule has 1 saturated heterocycles. The lowest BCUT2D eigenvalue weighted by Crippen LogP contribution is -2.58. The van der Waals surface area contributed by atoms with Crippen molar-refractivity contribution in [2.24, 2.45) is 11.0 Å². The zero-order valence-corrected chi connectivity index (χ0v) is 14.2. The van der Waals surface area contributed by atoms with Gasteiger partial charge in [0, 0.05) is 31.1 Å². The number of alkyl halides is 3. The predicted molar refractivity (Wildman–Crippen MR) is 79.3 cm³/mol. The molecule has 1 fully saturated rings. The lowest BCUT2D eigenvalue weighted by atomic mass is 9.95. The summed E-state index contributed by atoms with van der Waals surface area (Å²) in [5.74, 6) is -1.81. The third kappa shape index (κ3) is 3.29. The van der Waals surface area contributed by atoms with Gasteiger partial charge in [0.15, 0.2) is 0 Å². The number of halogens is 3. The molecule has 0 aromatic heterocycles. The lowest BCUT2D eigenvalue weighted by Gasteiger charge is -2.36. The first-order chi connectivity index (χ1) is 10.9. The van der Waals surface area contributed by atoms with Gasteiger partial charge in [0.1, 0.15) is 0 Å². The Kier molecular flexibility index (Phi) is 4.99. The minimum absolute atomic E-state index is 0.00849. The number of hydrogen-bond acceptors (Lipinski definition) is 5. The van der Waals surface area contributed by atoms with Crippen molar-refractivity contribution in [2.75, 3.05) is 18.8 Å². The molecule has 1 amide bonds. The van der Waals surface area contributed by atoms with Gasteiger partial charge >= 0.3 is 6.18 Å². The van der Waals surface area contributed by atoms with Crippen molar-refractivity contribution in [3.63, 3.8) is 0 Å². The van der Waals surface area contributed by atoms with Crippen molar-refractivity contribution in [3.05, 3.63) is 0 Å². The van der Waals surface area contributed by atoms with Gasteiger partial charge in [-0.1, -0.05) is 0 Å². The molecule has 0 aromatic carbocycles. The van der Waals surface area contributed by atoms with Gasteiger partial charge < -0.3 is 5.11 Å². The molecule has 2 heterocycles. The van der Waals surface area contributed by atoms with Gasteiger partial charge in [-0.3, -0.25) is 4.79 Å². The van der Waals surface area contributed by atoms with Crippen LogP contribution in [0.15, 0.2) is 5.10 Å². The van der Waals surface area contributed by atoms with Crippen LogP contribution >= 0.6 is 0 Å². The van der Waals surface area contributed by atoms with Gasteiger partial charge in [-0.25, -0.2) is 12.7 Å². The van der Waals surface area contributed by atoms with Crippen molar-refractivity contribution in [1.82, 2.24) is 9.31 Å². The second kappa shape index (κ2) is 6.26. The molecule has 1 unspecified atom stereocenters. The molecule has 0 bridgehead atoms. The normalized spacial score (nSPS) is 27.4. The van der Waals surface area contributed by atoms with Crippen LogP contribution in [0.1, 0.15) is 33.1 Å². The highest BCUT2D eigenvalue weighted by Crippen LogP contribution is 2.41. The summed E-state index contributed by atoms with van der Waals surface area (Å²) in [5, 5.41) is 13.6.